The number of rotatable bonds is 7. The van der Waals surface area contributed by atoms with E-state index in [1.807, 2.05) is 19.1 Å². The van der Waals surface area contributed by atoms with Gasteiger partial charge >= 0.3 is 5.97 Å². The number of carbonyl (C=O) groups excluding carboxylic acids is 3. The standard InChI is InChI=1S/C28H25N3O7S/c1-17-6-7-18(27(34)35)14-20(17)23-9-8-19(38-23)15-24-26(33)31(28(36)39-24)16-25(32)29-21-4-2-3-5-22(21)30-10-12-37-13-11-30/h2-9,14-15H,10-13,16H2,1H3,(H,29,32)(H,34,35)/b24-15-. The van der Waals surface area contributed by atoms with Gasteiger partial charge in [-0.3, -0.25) is 19.3 Å². The zero-order valence-corrected chi connectivity index (χ0v) is 21.8. The van der Waals surface area contributed by atoms with Crippen LogP contribution in [-0.4, -0.2) is 65.9 Å². The highest BCUT2D eigenvalue weighted by Crippen LogP contribution is 2.34. The van der Waals surface area contributed by atoms with E-state index in [4.69, 9.17) is 9.15 Å². The number of hydrogen-bond donors (Lipinski definition) is 2. The molecule has 0 bridgehead atoms. The lowest BCUT2D eigenvalue weighted by atomic mass is 10.0. The molecule has 2 fully saturated rings. The van der Waals surface area contributed by atoms with Gasteiger partial charge < -0.3 is 24.5 Å². The number of carboxylic acid groups (broad SMARTS) is 1. The Morgan fingerprint density at radius 3 is 2.62 bits per heavy atom. The fraction of sp³-hybridized carbons (Fsp3) is 0.214. The molecule has 0 saturated carbocycles. The summed E-state index contributed by atoms with van der Waals surface area (Å²) in [6, 6.07) is 15.4. The zero-order chi connectivity index (χ0) is 27.5. The van der Waals surface area contributed by atoms with E-state index in [1.54, 1.807) is 30.3 Å². The first kappa shape index (κ1) is 26.3. The number of para-hydroxylation sites is 2. The molecule has 0 atom stereocenters. The summed E-state index contributed by atoms with van der Waals surface area (Å²) in [5, 5.41) is 11.6. The van der Waals surface area contributed by atoms with Gasteiger partial charge in [-0.2, -0.15) is 0 Å². The summed E-state index contributed by atoms with van der Waals surface area (Å²) >= 11 is 0.724. The lowest BCUT2D eigenvalue weighted by molar-refractivity contribution is -0.127. The molecule has 2 N–H and O–H groups in total. The molecule has 0 radical (unpaired) electrons. The van der Waals surface area contributed by atoms with Crippen LogP contribution < -0.4 is 10.2 Å². The van der Waals surface area contributed by atoms with Crippen molar-refractivity contribution < 1.29 is 33.4 Å². The number of ether oxygens (including phenoxy) is 1. The van der Waals surface area contributed by atoms with E-state index in [0.717, 1.165) is 27.9 Å². The average molecular weight is 548 g/mol. The Hall–Kier alpha value is -4.35. The van der Waals surface area contributed by atoms with Gasteiger partial charge in [0.2, 0.25) is 5.91 Å². The number of thioether (sulfide) groups is 1. The lowest BCUT2D eigenvalue weighted by Gasteiger charge is -2.30. The summed E-state index contributed by atoms with van der Waals surface area (Å²) in [6.45, 7) is 3.98. The monoisotopic (exact) mass is 547 g/mol. The molecule has 2 aliphatic heterocycles. The van der Waals surface area contributed by atoms with E-state index in [-0.39, 0.29) is 10.5 Å². The van der Waals surface area contributed by atoms with Crippen LogP contribution in [0, 0.1) is 6.92 Å². The molecule has 200 valence electrons. The van der Waals surface area contributed by atoms with Crippen molar-refractivity contribution >= 4 is 52.2 Å². The van der Waals surface area contributed by atoms with Gasteiger partial charge in [-0.15, -0.1) is 0 Å². The first-order chi connectivity index (χ1) is 18.8. The van der Waals surface area contributed by atoms with Crippen LogP contribution in [0.2, 0.25) is 0 Å². The Bertz CT molecular complexity index is 1490. The van der Waals surface area contributed by atoms with Crippen LogP contribution in [0.5, 0.6) is 0 Å². The number of hydrogen-bond acceptors (Lipinski definition) is 8. The molecule has 2 saturated heterocycles. The van der Waals surface area contributed by atoms with E-state index in [0.29, 0.717) is 49.1 Å². The number of anilines is 2. The minimum atomic E-state index is -1.05. The third kappa shape index (κ3) is 5.74. The van der Waals surface area contributed by atoms with E-state index >= 15 is 0 Å². The number of carboxylic acids is 1. The van der Waals surface area contributed by atoms with Crippen molar-refractivity contribution in [3.8, 4) is 11.3 Å². The Balaban J connectivity index is 1.28. The highest BCUT2D eigenvalue weighted by atomic mass is 32.2. The average Bonchev–Trinajstić information content (AvgIpc) is 3.49. The van der Waals surface area contributed by atoms with Crippen LogP contribution >= 0.6 is 11.8 Å². The fourth-order valence-electron chi connectivity index (χ4n) is 4.35. The van der Waals surface area contributed by atoms with Crippen LogP contribution in [0.4, 0.5) is 16.2 Å². The Morgan fingerprint density at radius 2 is 1.85 bits per heavy atom. The van der Waals surface area contributed by atoms with Crippen molar-refractivity contribution in [3.63, 3.8) is 0 Å². The van der Waals surface area contributed by atoms with Crippen molar-refractivity contribution in [2.24, 2.45) is 0 Å². The maximum Gasteiger partial charge on any atom is 0.335 e. The second-order valence-electron chi connectivity index (χ2n) is 8.97. The van der Waals surface area contributed by atoms with Gasteiger partial charge in [0, 0.05) is 24.7 Å². The normalized spacial score (nSPS) is 16.7. The first-order valence-electron chi connectivity index (χ1n) is 12.2. The number of carbonyl (C=O) groups is 4. The maximum absolute atomic E-state index is 13.0. The number of furan rings is 1. The van der Waals surface area contributed by atoms with E-state index in [1.165, 1.54) is 18.2 Å². The van der Waals surface area contributed by atoms with Crippen molar-refractivity contribution in [2.45, 2.75) is 6.92 Å². The summed E-state index contributed by atoms with van der Waals surface area (Å²) in [5.74, 6) is -1.39. The van der Waals surface area contributed by atoms with Crippen LogP contribution in [0.3, 0.4) is 0 Å². The van der Waals surface area contributed by atoms with E-state index in [9.17, 15) is 24.3 Å². The molecule has 11 heteroatoms. The van der Waals surface area contributed by atoms with Gasteiger partial charge in [0.15, 0.2) is 0 Å². The lowest BCUT2D eigenvalue weighted by Crippen LogP contribution is -2.38. The quantitative estimate of drug-likeness (QED) is 0.412. The summed E-state index contributed by atoms with van der Waals surface area (Å²) in [6.07, 6.45) is 1.44. The molecule has 3 aromatic rings. The number of aryl methyl sites for hydroxylation is 1. The summed E-state index contributed by atoms with van der Waals surface area (Å²) < 4.78 is 11.2. The molecular formula is C28H25N3O7S. The maximum atomic E-state index is 13.0. The molecule has 3 amide bonds. The molecule has 1 aromatic heterocycles. The second-order valence-corrected chi connectivity index (χ2v) is 9.96. The highest BCUT2D eigenvalue weighted by molar-refractivity contribution is 8.18. The van der Waals surface area contributed by atoms with Gasteiger partial charge in [0.25, 0.3) is 11.1 Å². The summed E-state index contributed by atoms with van der Waals surface area (Å²) in [4.78, 5) is 52.9. The van der Waals surface area contributed by atoms with Gasteiger partial charge in [0.05, 0.1) is 35.1 Å². The zero-order valence-electron chi connectivity index (χ0n) is 21.0. The number of imide groups is 1. The molecule has 3 heterocycles. The molecule has 39 heavy (non-hydrogen) atoms. The Morgan fingerprint density at radius 1 is 1.08 bits per heavy atom. The van der Waals surface area contributed by atoms with Gasteiger partial charge in [0.1, 0.15) is 18.1 Å². The first-order valence-corrected chi connectivity index (χ1v) is 13.0. The SMILES string of the molecule is Cc1ccc(C(=O)O)cc1-c1ccc(/C=C2\SC(=O)N(CC(=O)Nc3ccccc3N3CCOCC3)C2=O)o1. The van der Waals surface area contributed by atoms with Gasteiger partial charge in [-0.05, 0) is 60.6 Å². The molecule has 0 aliphatic carbocycles. The third-order valence-electron chi connectivity index (χ3n) is 6.36. The largest absolute Gasteiger partial charge is 0.478 e. The van der Waals surface area contributed by atoms with Gasteiger partial charge in [-0.25, -0.2) is 4.79 Å². The predicted molar refractivity (Wildman–Crippen MR) is 147 cm³/mol. The second kappa shape index (κ2) is 11.2. The van der Waals surface area contributed by atoms with Gasteiger partial charge in [-0.1, -0.05) is 18.2 Å². The topological polar surface area (TPSA) is 129 Å². The minimum Gasteiger partial charge on any atom is -0.478 e. The van der Waals surface area contributed by atoms with Crippen LogP contribution in [0.1, 0.15) is 21.7 Å². The molecule has 2 aromatic carbocycles. The van der Waals surface area contributed by atoms with Crippen molar-refractivity contribution in [1.29, 1.82) is 0 Å². The molecule has 5 rings (SSSR count). The third-order valence-corrected chi connectivity index (χ3v) is 7.26. The number of amides is 3. The number of benzene rings is 2. The Labute approximate surface area is 228 Å². The smallest absolute Gasteiger partial charge is 0.335 e. The molecule has 10 nitrogen and oxygen atoms in total. The minimum absolute atomic E-state index is 0.124. The number of nitrogens with one attached hydrogen (secondary N) is 1. The van der Waals surface area contributed by atoms with Crippen molar-refractivity contribution in [1.82, 2.24) is 4.90 Å². The van der Waals surface area contributed by atoms with Crippen molar-refractivity contribution in [3.05, 3.63) is 76.4 Å². The molecule has 2 aliphatic rings. The van der Waals surface area contributed by atoms with Crippen LogP contribution in [-0.2, 0) is 14.3 Å². The summed E-state index contributed by atoms with van der Waals surface area (Å²) in [5.41, 5.74) is 3.00. The Kier molecular flexibility index (Phi) is 7.53. The van der Waals surface area contributed by atoms with Crippen LogP contribution in [0.15, 0.2) is 63.9 Å². The van der Waals surface area contributed by atoms with E-state index < -0.39 is 29.6 Å². The molecule has 0 unspecified atom stereocenters. The molecular weight excluding hydrogens is 522 g/mol. The number of nitrogens with zero attached hydrogens (tertiary/aromatic N) is 2. The van der Waals surface area contributed by atoms with Crippen LogP contribution in [0.25, 0.3) is 17.4 Å². The fourth-order valence-corrected chi connectivity index (χ4v) is 5.17. The number of aromatic carboxylic acids is 1. The predicted octanol–water partition coefficient (Wildman–Crippen LogP) is 4.46. The number of morpholine rings is 1. The summed E-state index contributed by atoms with van der Waals surface area (Å²) in [7, 11) is 0. The van der Waals surface area contributed by atoms with E-state index in [2.05, 4.69) is 10.2 Å². The van der Waals surface area contributed by atoms with Crippen molar-refractivity contribution in [2.75, 3.05) is 43.1 Å². The molecule has 0 spiro atoms. The highest BCUT2D eigenvalue weighted by Gasteiger charge is 2.36.